The van der Waals surface area contributed by atoms with E-state index in [-0.39, 0.29) is 5.91 Å². The number of hydrogen-bond donors (Lipinski definition) is 1. The smallest absolute Gasteiger partial charge is 0.275 e. The van der Waals surface area contributed by atoms with Gasteiger partial charge in [0.05, 0.1) is 18.4 Å². The van der Waals surface area contributed by atoms with Crippen molar-refractivity contribution in [1.29, 1.82) is 0 Å². The Balaban J connectivity index is 1.66. The predicted octanol–water partition coefficient (Wildman–Crippen LogP) is 5.19. The van der Waals surface area contributed by atoms with Crippen LogP contribution in [-0.2, 0) is 6.61 Å². The number of carbonyl (C=O) groups is 1. The van der Waals surface area contributed by atoms with E-state index in [1.165, 1.54) is 0 Å². The lowest BCUT2D eigenvalue weighted by Crippen LogP contribution is -2.18. The third kappa shape index (κ3) is 5.93. The number of ether oxygens (including phenoxy) is 2. The zero-order valence-electron chi connectivity index (χ0n) is 16.0. The van der Waals surface area contributed by atoms with Gasteiger partial charge in [0.2, 0.25) is 0 Å². The summed E-state index contributed by atoms with van der Waals surface area (Å²) in [6.07, 6.45) is 1.57. The van der Waals surface area contributed by atoms with Gasteiger partial charge in [-0.15, -0.1) is 0 Å². The van der Waals surface area contributed by atoms with Gasteiger partial charge in [0.15, 0.2) is 0 Å². The molecule has 0 aromatic heterocycles. The third-order valence-corrected chi connectivity index (χ3v) is 4.50. The first-order valence-electron chi connectivity index (χ1n) is 9.19. The molecule has 1 amide bonds. The minimum absolute atomic E-state index is 0.335. The molecule has 1 N–H and O–H groups in total. The van der Waals surface area contributed by atoms with Crippen molar-refractivity contribution in [3.63, 3.8) is 0 Å². The molecule has 6 heteroatoms. The lowest BCUT2D eigenvalue weighted by Gasteiger charge is -2.10. The standard InChI is InChI=1S/C23H21BrN2O3/c1-2-28-22-13-6-4-11-20(22)23(27)26-25-15-18-9-3-5-12-21(18)29-16-17-8-7-10-19(24)14-17/h3-15H,2,16H2,1H3,(H,26,27)/b25-15+. The molecule has 0 saturated heterocycles. The normalized spacial score (nSPS) is 10.7. The summed E-state index contributed by atoms with van der Waals surface area (Å²) < 4.78 is 12.4. The van der Waals surface area contributed by atoms with Crippen molar-refractivity contribution >= 4 is 28.1 Å². The number of hydrogen-bond acceptors (Lipinski definition) is 4. The number of para-hydroxylation sites is 2. The Kier molecular flexibility index (Phi) is 7.41. The van der Waals surface area contributed by atoms with E-state index in [1.807, 2.05) is 61.5 Å². The van der Waals surface area contributed by atoms with Crippen LogP contribution in [0.4, 0.5) is 0 Å². The first-order chi connectivity index (χ1) is 14.2. The molecule has 0 aliphatic rings. The summed E-state index contributed by atoms with van der Waals surface area (Å²) in [5, 5.41) is 4.08. The molecule has 3 rings (SSSR count). The zero-order chi connectivity index (χ0) is 20.5. The van der Waals surface area contributed by atoms with Crippen LogP contribution in [0.3, 0.4) is 0 Å². The van der Waals surface area contributed by atoms with Crippen molar-refractivity contribution in [1.82, 2.24) is 5.43 Å². The molecule has 3 aromatic rings. The van der Waals surface area contributed by atoms with Crippen LogP contribution >= 0.6 is 15.9 Å². The van der Waals surface area contributed by atoms with Gasteiger partial charge >= 0.3 is 0 Å². The Hall–Kier alpha value is -3.12. The molecule has 0 heterocycles. The molecule has 29 heavy (non-hydrogen) atoms. The van der Waals surface area contributed by atoms with E-state index in [0.29, 0.717) is 30.3 Å². The second kappa shape index (κ2) is 10.4. The van der Waals surface area contributed by atoms with Gasteiger partial charge < -0.3 is 9.47 Å². The lowest BCUT2D eigenvalue weighted by molar-refractivity contribution is 0.0951. The molecule has 0 saturated carbocycles. The van der Waals surface area contributed by atoms with E-state index in [2.05, 4.69) is 26.5 Å². The quantitative estimate of drug-likeness (QED) is 0.377. The Bertz CT molecular complexity index is 1000. The summed E-state index contributed by atoms with van der Waals surface area (Å²) in [4.78, 5) is 12.4. The topological polar surface area (TPSA) is 59.9 Å². The Labute approximate surface area is 178 Å². The largest absolute Gasteiger partial charge is 0.493 e. The molecular formula is C23H21BrN2O3. The highest BCUT2D eigenvalue weighted by Gasteiger charge is 2.11. The van der Waals surface area contributed by atoms with Crippen LogP contribution in [0.25, 0.3) is 0 Å². The van der Waals surface area contributed by atoms with Crippen LogP contribution in [0.2, 0.25) is 0 Å². The van der Waals surface area contributed by atoms with Gasteiger partial charge in [-0.25, -0.2) is 5.43 Å². The van der Waals surface area contributed by atoms with E-state index in [9.17, 15) is 4.79 Å². The number of nitrogens with zero attached hydrogens (tertiary/aromatic N) is 1. The Morgan fingerprint density at radius 3 is 2.55 bits per heavy atom. The number of nitrogens with one attached hydrogen (secondary N) is 1. The van der Waals surface area contributed by atoms with Gasteiger partial charge in [-0.1, -0.05) is 52.3 Å². The molecule has 0 aliphatic heterocycles. The molecular weight excluding hydrogens is 432 g/mol. The first kappa shape index (κ1) is 20.6. The average Bonchev–Trinajstić information content (AvgIpc) is 2.74. The fraction of sp³-hybridized carbons (Fsp3) is 0.130. The van der Waals surface area contributed by atoms with E-state index in [4.69, 9.17) is 9.47 Å². The van der Waals surface area contributed by atoms with Crippen LogP contribution < -0.4 is 14.9 Å². The van der Waals surface area contributed by atoms with Crippen LogP contribution in [0, 0.1) is 0 Å². The number of halogens is 1. The molecule has 5 nitrogen and oxygen atoms in total. The van der Waals surface area contributed by atoms with E-state index < -0.39 is 0 Å². The average molecular weight is 453 g/mol. The minimum atomic E-state index is -0.335. The monoisotopic (exact) mass is 452 g/mol. The van der Waals surface area contributed by atoms with Crippen molar-refractivity contribution < 1.29 is 14.3 Å². The van der Waals surface area contributed by atoms with Crippen molar-refractivity contribution in [2.75, 3.05) is 6.61 Å². The van der Waals surface area contributed by atoms with Gasteiger partial charge in [-0.2, -0.15) is 5.10 Å². The fourth-order valence-corrected chi connectivity index (χ4v) is 3.11. The number of rotatable bonds is 8. The summed E-state index contributed by atoms with van der Waals surface area (Å²) in [5.41, 5.74) is 4.79. The predicted molar refractivity (Wildman–Crippen MR) is 118 cm³/mol. The number of benzene rings is 3. The summed E-state index contributed by atoms with van der Waals surface area (Å²) in [5.74, 6) is 0.874. The highest BCUT2D eigenvalue weighted by Crippen LogP contribution is 2.20. The highest BCUT2D eigenvalue weighted by molar-refractivity contribution is 9.10. The van der Waals surface area contributed by atoms with Crippen LogP contribution in [-0.4, -0.2) is 18.7 Å². The molecule has 3 aromatic carbocycles. The fourth-order valence-electron chi connectivity index (χ4n) is 2.66. The van der Waals surface area contributed by atoms with Crippen molar-refractivity contribution in [3.8, 4) is 11.5 Å². The maximum absolute atomic E-state index is 12.4. The maximum Gasteiger partial charge on any atom is 0.275 e. The van der Waals surface area contributed by atoms with Crippen molar-refractivity contribution in [3.05, 3.63) is 94.0 Å². The molecule has 0 aliphatic carbocycles. The van der Waals surface area contributed by atoms with Crippen molar-refractivity contribution in [2.45, 2.75) is 13.5 Å². The number of amides is 1. The Morgan fingerprint density at radius 2 is 1.76 bits per heavy atom. The van der Waals surface area contributed by atoms with Crippen LogP contribution in [0.1, 0.15) is 28.4 Å². The highest BCUT2D eigenvalue weighted by atomic mass is 79.9. The van der Waals surface area contributed by atoms with Crippen molar-refractivity contribution in [2.24, 2.45) is 5.10 Å². The first-order valence-corrected chi connectivity index (χ1v) is 9.98. The lowest BCUT2D eigenvalue weighted by atomic mass is 10.2. The number of hydrazone groups is 1. The van der Waals surface area contributed by atoms with Crippen LogP contribution in [0.5, 0.6) is 11.5 Å². The molecule has 0 spiro atoms. The molecule has 0 bridgehead atoms. The van der Waals surface area contributed by atoms with Gasteiger partial charge in [0.1, 0.15) is 18.1 Å². The second-order valence-corrected chi connectivity index (χ2v) is 7.00. The summed E-state index contributed by atoms with van der Waals surface area (Å²) in [6, 6.07) is 22.5. The van der Waals surface area contributed by atoms with Gasteiger partial charge in [-0.3, -0.25) is 4.79 Å². The molecule has 0 fully saturated rings. The van der Waals surface area contributed by atoms with Gasteiger partial charge in [0, 0.05) is 10.0 Å². The summed E-state index contributed by atoms with van der Waals surface area (Å²) in [7, 11) is 0. The van der Waals surface area contributed by atoms with Gasteiger partial charge in [0.25, 0.3) is 5.91 Å². The van der Waals surface area contributed by atoms with E-state index in [0.717, 1.165) is 15.6 Å². The molecule has 0 radical (unpaired) electrons. The maximum atomic E-state index is 12.4. The SMILES string of the molecule is CCOc1ccccc1C(=O)N/N=C/c1ccccc1OCc1cccc(Br)c1. The molecule has 0 unspecified atom stereocenters. The van der Waals surface area contributed by atoms with Gasteiger partial charge in [-0.05, 0) is 48.9 Å². The second-order valence-electron chi connectivity index (χ2n) is 6.08. The zero-order valence-corrected chi connectivity index (χ0v) is 17.6. The Morgan fingerprint density at radius 1 is 1.00 bits per heavy atom. The molecule has 0 atom stereocenters. The summed E-state index contributed by atoms with van der Waals surface area (Å²) >= 11 is 3.46. The van der Waals surface area contributed by atoms with E-state index >= 15 is 0 Å². The third-order valence-electron chi connectivity index (χ3n) is 4.00. The summed E-state index contributed by atoms with van der Waals surface area (Å²) in [6.45, 7) is 2.78. The van der Waals surface area contributed by atoms with E-state index in [1.54, 1.807) is 24.4 Å². The number of carbonyl (C=O) groups excluding carboxylic acids is 1. The molecule has 148 valence electrons. The van der Waals surface area contributed by atoms with Crippen LogP contribution in [0.15, 0.2) is 82.4 Å². The minimum Gasteiger partial charge on any atom is -0.493 e.